The zero-order chi connectivity index (χ0) is 8.23. The highest BCUT2D eigenvalue weighted by Gasteiger charge is 2.01. The molecule has 0 spiro atoms. The average molecular weight is 176 g/mol. The van der Waals surface area contributed by atoms with Crippen molar-refractivity contribution >= 4 is 23.0 Å². The largest absolute Gasteiger partial charge is 0.267 e. The van der Waals surface area contributed by atoms with Crippen LogP contribution in [0.5, 0.6) is 0 Å². The molecular formula is C9H8N2S. The zero-order valence-corrected chi connectivity index (χ0v) is 7.29. The van der Waals surface area contributed by atoms with Gasteiger partial charge in [-0.3, -0.25) is 9.98 Å². The third-order valence-corrected chi connectivity index (χ3v) is 2.43. The van der Waals surface area contributed by atoms with Gasteiger partial charge in [0, 0.05) is 4.90 Å². The zero-order valence-electron chi connectivity index (χ0n) is 6.47. The van der Waals surface area contributed by atoms with Crippen LogP contribution in [0, 0.1) is 0 Å². The summed E-state index contributed by atoms with van der Waals surface area (Å²) >= 11 is 1.65. The monoisotopic (exact) mass is 176 g/mol. The summed E-state index contributed by atoms with van der Waals surface area (Å²) in [7, 11) is 0. The molecule has 0 bridgehead atoms. The number of aliphatic imine (C=N–C) groups is 2. The molecule has 1 aromatic carbocycles. The van der Waals surface area contributed by atoms with Crippen molar-refractivity contribution in [1.82, 2.24) is 0 Å². The molecule has 0 aromatic heterocycles. The van der Waals surface area contributed by atoms with E-state index in [0.29, 0.717) is 6.67 Å². The number of hydrogen-bond donors (Lipinski definition) is 0. The Hall–Kier alpha value is -1.09. The van der Waals surface area contributed by atoms with E-state index in [4.69, 9.17) is 0 Å². The van der Waals surface area contributed by atoms with Crippen LogP contribution >= 0.6 is 11.8 Å². The highest BCUT2D eigenvalue weighted by atomic mass is 32.2. The normalized spacial score (nSPS) is 14.8. The summed E-state index contributed by atoms with van der Waals surface area (Å²) in [6.07, 6.45) is 1.82. The third-order valence-electron chi connectivity index (χ3n) is 1.48. The van der Waals surface area contributed by atoms with Crippen LogP contribution < -0.4 is 0 Å². The summed E-state index contributed by atoms with van der Waals surface area (Å²) in [5, 5.41) is 1.00. The maximum Gasteiger partial charge on any atom is 0.130 e. The molecule has 0 unspecified atom stereocenters. The molecule has 0 aliphatic carbocycles. The highest BCUT2D eigenvalue weighted by molar-refractivity contribution is 8.15. The van der Waals surface area contributed by atoms with Crippen LogP contribution in [0.15, 0.2) is 45.2 Å². The fraction of sp³-hybridized carbons (Fsp3) is 0.111. The molecule has 12 heavy (non-hydrogen) atoms. The van der Waals surface area contributed by atoms with E-state index in [1.807, 2.05) is 24.4 Å². The molecule has 1 aliphatic rings. The lowest BCUT2D eigenvalue weighted by Crippen LogP contribution is -1.87. The predicted octanol–water partition coefficient (Wildman–Crippen LogP) is 2.22. The molecular weight excluding hydrogens is 168 g/mol. The summed E-state index contributed by atoms with van der Waals surface area (Å²) < 4.78 is 0. The lowest BCUT2D eigenvalue weighted by atomic mass is 10.4. The Balaban J connectivity index is 2.09. The number of thioether (sulfide) groups is 1. The van der Waals surface area contributed by atoms with Crippen molar-refractivity contribution in [2.24, 2.45) is 9.98 Å². The number of benzene rings is 1. The second-order valence-electron chi connectivity index (χ2n) is 2.36. The summed E-state index contributed by atoms with van der Waals surface area (Å²) in [4.78, 5) is 9.41. The van der Waals surface area contributed by atoms with Crippen molar-refractivity contribution in [3.63, 3.8) is 0 Å². The third kappa shape index (κ3) is 1.74. The van der Waals surface area contributed by atoms with Crippen molar-refractivity contribution in [3.8, 4) is 0 Å². The van der Waals surface area contributed by atoms with Crippen molar-refractivity contribution < 1.29 is 0 Å². The second kappa shape index (κ2) is 3.54. The first-order valence-corrected chi connectivity index (χ1v) is 4.54. The Labute approximate surface area is 75.4 Å². The summed E-state index contributed by atoms with van der Waals surface area (Å²) in [6.45, 7) is 0.592. The topological polar surface area (TPSA) is 24.7 Å². The molecule has 2 nitrogen and oxygen atoms in total. The average Bonchev–Trinajstić information content (AvgIpc) is 2.59. The van der Waals surface area contributed by atoms with E-state index >= 15 is 0 Å². The standard InChI is InChI=1S/C9H8N2S/c1-2-4-8(5-3-1)12-9-6-10-7-11-9/h1-6H,7H2. The summed E-state index contributed by atoms with van der Waals surface area (Å²) in [6, 6.07) is 10.2. The van der Waals surface area contributed by atoms with E-state index in [-0.39, 0.29) is 0 Å². The fourth-order valence-electron chi connectivity index (χ4n) is 0.938. The minimum Gasteiger partial charge on any atom is -0.267 e. The van der Waals surface area contributed by atoms with Gasteiger partial charge in [0.1, 0.15) is 11.7 Å². The minimum absolute atomic E-state index is 0.592. The van der Waals surface area contributed by atoms with Gasteiger partial charge in [-0.15, -0.1) is 0 Å². The molecule has 3 heteroatoms. The first-order chi connectivity index (χ1) is 5.95. The Morgan fingerprint density at radius 1 is 1.17 bits per heavy atom. The molecule has 60 valence electrons. The van der Waals surface area contributed by atoms with Crippen molar-refractivity contribution in [2.45, 2.75) is 4.90 Å². The van der Waals surface area contributed by atoms with Crippen LogP contribution in [0.4, 0.5) is 0 Å². The summed E-state index contributed by atoms with van der Waals surface area (Å²) in [5.41, 5.74) is 0. The molecule has 1 heterocycles. The van der Waals surface area contributed by atoms with Crippen LogP contribution in [-0.2, 0) is 0 Å². The van der Waals surface area contributed by atoms with Gasteiger partial charge in [0.05, 0.1) is 6.21 Å². The van der Waals surface area contributed by atoms with E-state index in [1.54, 1.807) is 11.8 Å². The SMILES string of the molecule is C1=NCN=C1Sc1ccccc1. The van der Waals surface area contributed by atoms with E-state index in [1.165, 1.54) is 4.90 Å². The molecule has 1 aromatic rings. The molecule has 0 atom stereocenters. The minimum atomic E-state index is 0.592. The number of nitrogens with zero attached hydrogens (tertiary/aromatic N) is 2. The van der Waals surface area contributed by atoms with Crippen molar-refractivity contribution in [2.75, 3.05) is 6.67 Å². The van der Waals surface area contributed by atoms with Gasteiger partial charge in [-0.1, -0.05) is 30.0 Å². The Morgan fingerprint density at radius 2 is 2.00 bits per heavy atom. The Morgan fingerprint density at radius 3 is 2.67 bits per heavy atom. The molecule has 0 N–H and O–H groups in total. The van der Waals surface area contributed by atoms with Gasteiger partial charge in [0.25, 0.3) is 0 Å². The predicted molar refractivity (Wildman–Crippen MR) is 53.1 cm³/mol. The number of hydrogen-bond acceptors (Lipinski definition) is 3. The van der Waals surface area contributed by atoms with E-state index in [2.05, 4.69) is 22.1 Å². The second-order valence-corrected chi connectivity index (χ2v) is 3.46. The van der Waals surface area contributed by atoms with Crippen LogP contribution in [-0.4, -0.2) is 17.9 Å². The summed E-state index contributed by atoms with van der Waals surface area (Å²) in [5.74, 6) is 0. The van der Waals surface area contributed by atoms with Gasteiger partial charge in [-0.2, -0.15) is 0 Å². The Kier molecular flexibility index (Phi) is 2.23. The van der Waals surface area contributed by atoms with Gasteiger partial charge >= 0.3 is 0 Å². The highest BCUT2D eigenvalue weighted by Crippen LogP contribution is 2.19. The maximum absolute atomic E-state index is 4.19. The first kappa shape index (κ1) is 7.55. The van der Waals surface area contributed by atoms with Gasteiger partial charge in [-0.25, -0.2) is 0 Å². The van der Waals surface area contributed by atoms with Gasteiger partial charge in [0.15, 0.2) is 0 Å². The molecule has 0 amide bonds. The van der Waals surface area contributed by atoms with Crippen molar-refractivity contribution in [1.29, 1.82) is 0 Å². The molecule has 0 radical (unpaired) electrons. The van der Waals surface area contributed by atoms with Crippen LogP contribution in [0.1, 0.15) is 0 Å². The first-order valence-electron chi connectivity index (χ1n) is 3.72. The fourth-order valence-corrected chi connectivity index (χ4v) is 1.72. The van der Waals surface area contributed by atoms with E-state index < -0.39 is 0 Å². The lowest BCUT2D eigenvalue weighted by molar-refractivity contribution is 1.11. The lowest BCUT2D eigenvalue weighted by Gasteiger charge is -1.95. The van der Waals surface area contributed by atoms with Gasteiger partial charge in [0.2, 0.25) is 0 Å². The van der Waals surface area contributed by atoms with Gasteiger partial charge in [-0.05, 0) is 12.1 Å². The quantitative estimate of drug-likeness (QED) is 0.644. The van der Waals surface area contributed by atoms with E-state index in [0.717, 1.165) is 5.04 Å². The Bertz CT molecular complexity index is 317. The molecule has 2 rings (SSSR count). The number of rotatable bonds is 1. The molecule has 0 saturated carbocycles. The van der Waals surface area contributed by atoms with Crippen LogP contribution in [0.25, 0.3) is 0 Å². The van der Waals surface area contributed by atoms with E-state index in [9.17, 15) is 0 Å². The van der Waals surface area contributed by atoms with Crippen LogP contribution in [0.2, 0.25) is 0 Å². The van der Waals surface area contributed by atoms with Gasteiger partial charge < -0.3 is 0 Å². The molecule has 0 fully saturated rings. The maximum atomic E-state index is 4.19. The molecule has 0 saturated heterocycles. The molecule has 1 aliphatic heterocycles. The van der Waals surface area contributed by atoms with Crippen molar-refractivity contribution in [3.05, 3.63) is 30.3 Å². The smallest absolute Gasteiger partial charge is 0.130 e. The van der Waals surface area contributed by atoms with Crippen LogP contribution in [0.3, 0.4) is 0 Å².